The first kappa shape index (κ1) is 25.6. The number of nitrogens with zero attached hydrogens (tertiary/aromatic N) is 1. The van der Waals surface area contributed by atoms with Gasteiger partial charge in [0.05, 0.1) is 23.2 Å². The molecule has 4 aromatic rings. The normalized spacial score (nSPS) is 12.1. The van der Waals surface area contributed by atoms with E-state index in [4.69, 9.17) is 0 Å². The molecule has 0 fully saturated rings. The van der Waals surface area contributed by atoms with Crippen LogP contribution in [0.4, 0.5) is 22.0 Å². The number of benzene rings is 3. The molecule has 0 radical (unpaired) electrons. The molecule has 0 unspecified atom stereocenters. The van der Waals surface area contributed by atoms with Crippen molar-refractivity contribution in [3.05, 3.63) is 101 Å². The number of hydrogen-bond acceptors (Lipinski definition) is 3. The summed E-state index contributed by atoms with van der Waals surface area (Å²) in [6.45, 7) is 2.44. The third-order valence-electron chi connectivity index (χ3n) is 5.60. The predicted octanol–water partition coefficient (Wildman–Crippen LogP) is 7.54. The minimum atomic E-state index is -4.53. The van der Waals surface area contributed by atoms with Crippen LogP contribution >= 0.6 is 11.8 Å². The fraction of sp³-hybridized carbons (Fsp3) is 0.185. The van der Waals surface area contributed by atoms with E-state index in [-0.39, 0.29) is 20.9 Å². The molecule has 3 aromatic carbocycles. The number of rotatable bonds is 6. The molecule has 0 aliphatic carbocycles. The van der Waals surface area contributed by atoms with Gasteiger partial charge in [-0.25, -0.2) is 0 Å². The second kappa shape index (κ2) is 9.89. The van der Waals surface area contributed by atoms with E-state index < -0.39 is 30.1 Å². The molecule has 0 atom stereocenters. The first-order chi connectivity index (χ1) is 17.0. The average Bonchev–Trinajstić information content (AvgIpc) is 2.82. The molecule has 0 spiro atoms. The lowest BCUT2D eigenvalue weighted by atomic mass is 10.00. The smallest absolute Gasteiger partial charge is 0.346 e. The summed E-state index contributed by atoms with van der Waals surface area (Å²) in [6.07, 6.45) is -3.16. The number of halogens is 5. The lowest BCUT2D eigenvalue weighted by Crippen LogP contribution is -2.35. The molecule has 1 amide bonds. The zero-order valence-corrected chi connectivity index (χ0v) is 20.1. The van der Waals surface area contributed by atoms with Crippen LogP contribution in [0, 0.1) is 13.8 Å². The van der Waals surface area contributed by atoms with Gasteiger partial charge in [-0.2, -0.15) is 22.0 Å². The summed E-state index contributed by atoms with van der Waals surface area (Å²) < 4.78 is 69.5. The number of hydrogen-bond donors (Lipinski definition) is 1. The fourth-order valence-electron chi connectivity index (χ4n) is 3.90. The van der Waals surface area contributed by atoms with Crippen LogP contribution in [0.5, 0.6) is 0 Å². The predicted molar refractivity (Wildman–Crippen MR) is 129 cm³/mol. The van der Waals surface area contributed by atoms with Crippen LogP contribution in [0.2, 0.25) is 0 Å². The van der Waals surface area contributed by atoms with Crippen LogP contribution in [0.15, 0.2) is 82.7 Å². The van der Waals surface area contributed by atoms with Crippen LogP contribution in [0.1, 0.15) is 32.6 Å². The first-order valence-electron chi connectivity index (χ1n) is 10.9. The van der Waals surface area contributed by atoms with Crippen LogP contribution in [0.25, 0.3) is 10.9 Å². The highest BCUT2D eigenvalue weighted by Crippen LogP contribution is 2.37. The number of para-hydroxylation sites is 1. The summed E-state index contributed by atoms with van der Waals surface area (Å²) in [5, 5.41) is 2.73. The summed E-state index contributed by atoms with van der Waals surface area (Å²) >= 11 is 0.911. The van der Waals surface area contributed by atoms with Crippen LogP contribution in [-0.4, -0.2) is 17.4 Å². The van der Waals surface area contributed by atoms with Crippen LogP contribution in [-0.2, 0) is 12.1 Å². The SMILES string of the molecule is Cc1ccc(C(F)(F)CNC(=O)c2c(Sc3cccc(C(F)(F)F)c3)cnc3ccccc23)c(C)c1. The van der Waals surface area contributed by atoms with E-state index in [9.17, 15) is 18.0 Å². The Bertz CT molecular complexity index is 1440. The Kier molecular flexibility index (Phi) is 7.04. The van der Waals surface area contributed by atoms with Crippen molar-refractivity contribution in [3.8, 4) is 0 Å². The maximum Gasteiger partial charge on any atom is 0.416 e. The molecule has 0 aliphatic rings. The van der Waals surface area contributed by atoms with Gasteiger partial charge >= 0.3 is 6.18 Å². The Morgan fingerprint density at radius 3 is 2.42 bits per heavy atom. The number of nitrogens with one attached hydrogen (secondary N) is 1. The van der Waals surface area contributed by atoms with Crippen LogP contribution in [0.3, 0.4) is 0 Å². The van der Waals surface area contributed by atoms with E-state index in [1.54, 1.807) is 50.2 Å². The van der Waals surface area contributed by atoms with Crippen molar-refractivity contribution in [2.24, 2.45) is 0 Å². The number of carbonyl (C=O) groups excluding carboxylic acids is 1. The maximum atomic E-state index is 15.0. The molecular formula is C27H21F5N2OS. The monoisotopic (exact) mass is 516 g/mol. The zero-order chi connectivity index (χ0) is 26.1. The van der Waals surface area contributed by atoms with E-state index in [2.05, 4.69) is 10.3 Å². The number of aromatic nitrogens is 1. The van der Waals surface area contributed by atoms with Gasteiger partial charge in [-0.15, -0.1) is 0 Å². The quantitative estimate of drug-likeness (QED) is 0.269. The van der Waals surface area contributed by atoms with Gasteiger partial charge in [0.15, 0.2) is 0 Å². The Labute approximate surface area is 208 Å². The minimum absolute atomic E-state index is 0.0689. The van der Waals surface area contributed by atoms with Gasteiger partial charge in [0, 0.05) is 26.9 Å². The molecule has 186 valence electrons. The number of alkyl halides is 5. The number of fused-ring (bicyclic) bond motifs is 1. The van der Waals surface area contributed by atoms with Crippen molar-refractivity contribution in [1.82, 2.24) is 10.3 Å². The summed E-state index contributed by atoms with van der Waals surface area (Å²) in [5.74, 6) is -4.10. The molecule has 36 heavy (non-hydrogen) atoms. The number of aryl methyl sites for hydroxylation is 2. The Hall–Kier alpha value is -3.46. The molecule has 0 aliphatic heterocycles. The van der Waals surface area contributed by atoms with Gasteiger partial charge in [0.1, 0.15) is 0 Å². The van der Waals surface area contributed by atoms with Gasteiger partial charge in [0.25, 0.3) is 11.8 Å². The second-order valence-corrected chi connectivity index (χ2v) is 9.46. The van der Waals surface area contributed by atoms with Crippen molar-refractivity contribution in [1.29, 1.82) is 0 Å². The molecule has 0 saturated carbocycles. The van der Waals surface area contributed by atoms with Crippen molar-refractivity contribution >= 4 is 28.6 Å². The number of pyridine rings is 1. The van der Waals surface area contributed by atoms with Crippen molar-refractivity contribution in [2.45, 2.75) is 35.7 Å². The van der Waals surface area contributed by atoms with E-state index in [0.29, 0.717) is 16.5 Å². The van der Waals surface area contributed by atoms with E-state index in [1.807, 2.05) is 0 Å². The van der Waals surface area contributed by atoms with Crippen molar-refractivity contribution in [3.63, 3.8) is 0 Å². The largest absolute Gasteiger partial charge is 0.416 e. The van der Waals surface area contributed by atoms with Gasteiger partial charge < -0.3 is 5.32 Å². The highest BCUT2D eigenvalue weighted by Gasteiger charge is 2.34. The molecule has 0 bridgehead atoms. The number of carbonyl (C=O) groups is 1. The van der Waals surface area contributed by atoms with Crippen molar-refractivity contribution in [2.75, 3.05) is 6.54 Å². The maximum absolute atomic E-state index is 15.0. The van der Waals surface area contributed by atoms with Gasteiger partial charge in [-0.05, 0) is 43.7 Å². The zero-order valence-electron chi connectivity index (χ0n) is 19.3. The van der Waals surface area contributed by atoms with Crippen molar-refractivity contribution < 1.29 is 26.7 Å². The third kappa shape index (κ3) is 5.51. The Morgan fingerprint density at radius 2 is 1.69 bits per heavy atom. The van der Waals surface area contributed by atoms with E-state index in [0.717, 1.165) is 29.5 Å². The van der Waals surface area contributed by atoms with Crippen LogP contribution < -0.4 is 5.32 Å². The molecule has 0 saturated heterocycles. The molecule has 3 nitrogen and oxygen atoms in total. The Balaban J connectivity index is 1.67. The molecular weight excluding hydrogens is 495 g/mol. The molecule has 1 N–H and O–H groups in total. The summed E-state index contributed by atoms with van der Waals surface area (Å²) in [4.78, 5) is 18.0. The van der Waals surface area contributed by atoms with E-state index in [1.165, 1.54) is 24.4 Å². The second-order valence-electron chi connectivity index (χ2n) is 8.35. The lowest BCUT2D eigenvalue weighted by molar-refractivity contribution is -0.137. The highest BCUT2D eigenvalue weighted by molar-refractivity contribution is 7.99. The van der Waals surface area contributed by atoms with E-state index >= 15 is 8.78 Å². The molecule has 9 heteroatoms. The van der Waals surface area contributed by atoms with Gasteiger partial charge in [0.2, 0.25) is 0 Å². The Morgan fingerprint density at radius 1 is 0.944 bits per heavy atom. The lowest BCUT2D eigenvalue weighted by Gasteiger charge is -2.20. The third-order valence-corrected chi connectivity index (χ3v) is 6.62. The summed E-state index contributed by atoms with van der Waals surface area (Å²) in [6, 6.07) is 15.9. The highest BCUT2D eigenvalue weighted by atomic mass is 32.2. The average molecular weight is 517 g/mol. The standard InChI is InChI=1S/C27H21F5N2OS/c1-16-10-11-21(17(2)12-16)26(28,29)15-34-25(35)24-20-8-3-4-9-22(20)33-14-23(24)36-19-7-5-6-18(13-19)27(30,31)32/h3-14H,15H2,1-2H3,(H,34,35). The summed E-state index contributed by atoms with van der Waals surface area (Å²) in [7, 11) is 0. The van der Waals surface area contributed by atoms with Gasteiger partial charge in [-0.1, -0.05) is 59.8 Å². The minimum Gasteiger partial charge on any atom is -0.346 e. The first-order valence-corrected chi connectivity index (χ1v) is 11.7. The molecule has 1 heterocycles. The van der Waals surface area contributed by atoms with Gasteiger partial charge in [-0.3, -0.25) is 9.78 Å². The fourth-order valence-corrected chi connectivity index (χ4v) is 4.89. The molecule has 1 aromatic heterocycles. The topological polar surface area (TPSA) is 42.0 Å². The number of amides is 1. The summed E-state index contributed by atoms with van der Waals surface area (Å²) in [5.41, 5.74) is 0.753. The molecule has 4 rings (SSSR count).